The van der Waals surface area contributed by atoms with Gasteiger partial charge in [-0.05, 0) is 24.5 Å². The highest BCUT2D eigenvalue weighted by Crippen LogP contribution is 2.29. The topological polar surface area (TPSA) is 66.4 Å². The average Bonchev–Trinajstić information content (AvgIpc) is 2.26. The number of carboxylic acid groups (broad SMARTS) is 1. The summed E-state index contributed by atoms with van der Waals surface area (Å²) in [6.45, 7) is 3.65. The van der Waals surface area contributed by atoms with Crippen molar-refractivity contribution < 1.29 is 14.7 Å². The predicted octanol–water partition coefficient (Wildman–Crippen LogP) is 2.67. The van der Waals surface area contributed by atoms with Crippen LogP contribution in [0, 0.1) is 5.41 Å². The molecule has 0 saturated heterocycles. The number of nitrogens with one attached hydrogen (secondary N) is 1. The third-order valence-corrected chi connectivity index (χ3v) is 4.79. The second-order valence-electron chi connectivity index (χ2n) is 6.14. The van der Waals surface area contributed by atoms with Gasteiger partial charge >= 0.3 is 5.97 Å². The molecule has 0 heterocycles. The Kier molecular flexibility index (Phi) is 6.17. The van der Waals surface area contributed by atoms with Gasteiger partial charge in [-0.25, -0.2) is 0 Å². The first-order valence-corrected chi connectivity index (χ1v) is 8.17. The lowest BCUT2D eigenvalue weighted by atomic mass is 9.85. The highest BCUT2D eigenvalue weighted by atomic mass is 32.2. The Morgan fingerprint density at radius 3 is 2.47 bits per heavy atom. The number of rotatable bonds is 6. The minimum absolute atomic E-state index is 0.0165. The van der Waals surface area contributed by atoms with Crippen molar-refractivity contribution in [3.8, 4) is 0 Å². The Balaban J connectivity index is 2.47. The van der Waals surface area contributed by atoms with Gasteiger partial charge in [0.25, 0.3) is 0 Å². The van der Waals surface area contributed by atoms with E-state index in [2.05, 4.69) is 11.6 Å². The summed E-state index contributed by atoms with van der Waals surface area (Å²) in [5, 5.41) is 12.4. The molecule has 0 aliphatic heterocycles. The lowest BCUT2D eigenvalue weighted by Gasteiger charge is -2.32. The number of amides is 1. The van der Waals surface area contributed by atoms with Crippen molar-refractivity contribution in [2.24, 2.45) is 5.41 Å². The second-order valence-corrected chi connectivity index (χ2v) is 7.22. The maximum absolute atomic E-state index is 12.1. The molecule has 4 nitrogen and oxygen atoms in total. The van der Waals surface area contributed by atoms with Crippen molar-refractivity contribution in [2.75, 3.05) is 6.26 Å². The average molecular weight is 287 g/mol. The summed E-state index contributed by atoms with van der Waals surface area (Å²) in [6.07, 6.45) is 6.99. The van der Waals surface area contributed by atoms with Gasteiger partial charge in [0.1, 0.15) is 0 Å². The fraction of sp³-hybridized carbons (Fsp3) is 0.857. The van der Waals surface area contributed by atoms with E-state index in [9.17, 15) is 9.59 Å². The van der Waals surface area contributed by atoms with Crippen molar-refractivity contribution in [1.29, 1.82) is 0 Å². The van der Waals surface area contributed by atoms with Gasteiger partial charge in [-0.15, -0.1) is 0 Å². The van der Waals surface area contributed by atoms with Crippen LogP contribution in [-0.2, 0) is 9.59 Å². The Morgan fingerprint density at radius 2 is 1.89 bits per heavy atom. The molecule has 0 bridgehead atoms. The number of aliphatic carboxylic acids is 1. The largest absolute Gasteiger partial charge is 0.481 e. The first-order valence-electron chi connectivity index (χ1n) is 6.88. The zero-order valence-corrected chi connectivity index (χ0v) is 12.9. The van der Waals surface area contributed by atoms with Crippen LogP contribution in [0.4, 0.5) is 0 Å². The molecule has 2 N–H and O–H groups in total. The van der Waals surface area contributed by atoms with Crippen LogP contribution in [0.2, 0.25) is 0 Å². The smallest absolute Gasteiger partial charge is 0.303 e. The van der Waals surface area contributed by atoms with Crippen molar-refractivity contribution in [3.05, 3.63) is 0 Å². The number of carbonyl (C=O) groups is 2. The summed E-state index contributed by atoms with van der Waals surface area (Å²) in [7, 11) is 0. The Labute approximate surface area is 119 Å². The van der Waals surface area contributed by atoms with Crippen LogP contribution in [0.3, 0.4) is 0 Å². The molecular formula is C14H25NO3S. The molecule has 0 radical (unpaired) electrons. The molecule has 1 saturated carbocycles. The molecule has 110 valence electrons. The SMILES string of the molecule is CSC1CCCCC1NC(=O)CC(C)(C)CC(=O)O. The van der Waals surface area contributed by atoms with Crippen LogP contribution in [0.5, 0.6) is 0 Å². The summed E-state index contributed by atoms with van der Waals surface area (Å²) < 4.78 is 0. The van der Waals surface area contributed by atoms with Crippen molar-refractivity contribution >= 4 is 23.6 Å². The summed E-state index contributed by atoms with van der Waals surface area (Å²) >= 11 is 1.82. The minimum Gasteiger partial charge on any atom is -0.481 e. The summed E-state index contributed by atoms with van der Waals surface area (Å²) in [6, 6.07) is 0.247. The van der Waals surface area contributed by atoms with Crippen LogP contribution in [0.25, 0.3) is 0 Å². The molecule has 1 aliphatic rings. The molecule has 1 rings (SSSR count). The zero-order valence-electron chi connectivity index (χ0n) is 12.1. The molecule has 0 spiro atoms. The molecule has 1 fully saturated rings. The Hall–Kier alpha value is -0.710. The van der Waals surface area contributed by atoms with Gasteiger partial charge in [0, 0.05) is 17.7 Å². The third-order valence-electron chi connectivity index (χ3n) is 3.62. The van der Waals surface area contributed by atoms with E-state index in [1.54, 1.807) is 0 Å². The van der Waals surface area contributed by atoms with E-state index in [4.69, 9.17) is 5.11 Å². The van der Waals surface area contributed by atoms with Crippen LogP contribution >= 0.6 is 11.8 Å². The monoisotopic (exact) mass is 287 g/mol. The molecule has 0 aromatic rings. The quantitative estimate of drug-likeness (QED) is 0.788. The maximum Gasteiger partial charge on any atom is 0.303 e. The van der Waals surface area contributed by atoms with E-state index in [1.165, 1.54) is 12.8 Å². The lowest BCUT2D eigenvalue weighted by Crippen LogP contribution is -2.44. The van der Waals surface area contributed by atoms with E-state index in [-0.39, 0.29) is 24.8 Å². The Bertz CT molecular complexity index is 331. The van der Waals surface area contributed by atoms with Gasteiger partial charge in [0.2, 0.25) is 5.91 Å². The van der Waals surface area contributed by atoms with Crippen LogP contribution in [0.15, 0.2) is 0 Å². The summed E-state index contributed by atoms with van der Waals surface area (Å²) in [4.78, 5) is 22.8. The van der Waals surface area contributed by atoms with Gasteiger partial charge < -0.3 is 10.4 Å². The van der Waals surface area contributed by atoms with E-state index in [1.807, 2.05) is 25.6 Å². The highest BCUT2D eigenvalue weighted by molar-refractivity contribution is 7.99. The van der Waals surface area contributed by atoms with Gasteiger partial charge in [-0.2, -0.15) is 11.8 Å². The van der Waals surface area contributed by atoms with Crippen LogP contribution in [-0.4, -0.2) is 34.5 Å². The molecule has 1 amide bonds. The highest BCUT2D eigenvalue weighted by Gasteiger charge is 2.29. The number of carboxylic acids is 1. The minimum atomic E-state index is -0.850. The number of carbonyl (C=O) groups excluding carboxylic acids is 1. The predicted molar refractivity (Wildman–Crippen MR) is 78.4 cm³/mol. The van der Waals surface area contributed by atoms with Crippen molar-refractivity contribution in [1.82, 2.24) is 5.32 Å². The third kappa shape index (κ3) is 5.85. The molecule has 19 heavy (non-hydrogen) atoms. The number of hydrogen-bond acceptors (Lipinski definition) is 3. The zero-order chi connectivity index (χ0) is 14.5. The van der Waals surface area contributed by atoms with Crippen LogP contribution < -0.4 is 5.32 Å². The molecule has 2 atom stereocenters. The van der Waals surface area contributed by atoms with Gasteiger partial charge in [-0.3, -0.25) is 9.59 Å². The van der Waals surface area contributed by atoms with Crippen molar-refractivity contribution in [3.63, 3.8) is 0 Å². The summed E-state index contributed by atoms with van der Waals surface area (Å²) in [5.74, 6) is -0.866. The number of hydrogen-bond donors (Lipinski definition) is 2. The first-order chi connectivity index (χ1) is 8.84. The fourth-order valence-electron chi connectivity index (χ4n) is 2.71. The van der Waals surface area contributed by atoms with E-state index in [0.717, 1.165) is 12.8 Å². The summed E-state index contributed by atoms with van der Waals surface area (Å²) in [5.41, 5.74) is -0.487. The Morgan fingerprint density at radius 1 is 1.26 bits per heavy atom. The molecule has 0 aromatic carbocycles. The van der Waals surface area contributed by atoms with Gasteiger partial charge in [0.05, 0.1) is 6.42 Å². The fourth-order valence-corrected chi connectivity index (χ4v) is 3.64. The van der Waals surface area contributed by atoms with Gasteiger partial charge in [-0.1, -0.05) is 26.7 Å². The molecule has 2 unspecified atom stereocenters. The molecule has 5 heteroatoms. The standard InChI is InChI=1S/C14H25NO3S/c1-14(2,9-13(17)18)8-12(16)15-10-6-4-5-7-11(10)19-3/h10-11H,4-9H2,1-3H3,(H,15,16)(H,17,18). The van der Waals surface area contributed by atoms with Crippen molar-refractivity contribution in [2.45, 2.75) is 63.7 Å². The van der Waals surface area contributed by atoms with E-state index < -0.39 is 11.4 Å². The molecular weight excluding hydrogens is 262 g/mol. The van der Waals surface area contributed by atoms with E-state index in [0.29, 0.717) is 5.25 Å². The first kappa shape index (κ1) is 16.3. The second kappa shape index (κ2) is 7.17. The van der Waals surface area contributed by atoms with Crippen LogP contribution in [0.1, 0.15) is 52.4 Å². The van der Waals surface area contributed by atoms with Gasteiger partial charge in [0.15, 0.2) is 0 Å². The molecule has 1 aliphatic carbocycles. The number of thioether (sulfide) groups is 1. The lowest BCUT2D eigenvalue weighted by molar-refractivity contribution is -0.139. The maximum atomic E-state index is 12.1. The van der Waals surface area contributed by atoms with E-state index >= 15 is 0 Å². The molecule has 0 aromatic heterocycles. The normalized spacial score (nSPS) is 23.9.